The van der Waals surface area contributed by atoms with Crippen LogP contribution in [0.15, 0.2) is 194 Å². The van der Waals surface area contributed by atoms with Crippen molar-refractivity contribution >= 4 is 43.4 Å². The van der Waals surface area contributed by atoms with Gasteiger partial charge in [0.25, 0.3) is 0 Å². The van der Waals surface area contributed by atoms with Crippen molar-refractivity contribution in [1.82, 2.24) is 4.57 Å². The van der Waals surface area contributed by atoms with E-state index in [0.717, 1.165) is 6.42 Å². The van der Waals surface area contributed by atoms with Crippen molar-refractivity contribution in [2.45, 2.75) is 32.7 Å². The Hall–Kier alpha value is -6.70. The number of benzene rings is 9. The second kappa shape index (κ2) is 13.6. The summed E-state index contributed by atoms with van der Waals surface area (Å²) in [4.78, 5) is 0. The van der Waals surface area contributed by atoms with E-state index in [1.807, 2.05) is 0 Å². The number of hydrogen-bond acceptors (Lipinski definition) is 0. The Balaban J connectivity index is 1.04. The highest BCUT2D eigenvalue weighted by Crippen LogP contribution is 2.45. The zero-order valence-electron chi connectivity index (χ0n) is 32.1. The third-order valence-electron chi connectivity index (χ3n) is 12.1. The molecule has 0 bridgehead atoms. The quantitative estimate of drug-likeness (QED) is 0.145. The largest absolute Gasteiger partial charge is 0.335 e. The lowest BCUT2D eigenvalue weighted by Crippen LogP contribution is -2.24. The molecule has 0 amide bonds. The molecular weight excluding hydrogens is 675 g/mol. The van der Waals surface area contributed by atoms with Gasteiger partial charge in [0.15, 0.2) is 0 Å². The maximum Gasteiger partial charge on any atom is 0.0496 e. The fraction of sp³-hybridized carbons (Fsp3) is 0.0909. The minimum absolute atomic E-state index is 0.0188. The van der Waals surface area contributed by atoms with Crippen LogP contribution in [0.25, 0.3) is 99.0 Å². The zero-order valence-corrected chi connectivity index (χ0v) is 32.1. The molecule has 0 saturated carbocycles. The molecule has 0 spiro atoms. The number of aromatic nitrogens is 1. The molecule has 0 radical (unpaired) electrons. The van der Waals surface area contributed by atoms with E-state index in [9.17, 15) is 0 Å². The lowest BCUT2D eigenvalue weighted by atomic mass is 9.85. The van der Waals surface area contributed by atoms with Gasteiger partial charge >= 0.3 is 0 Å². The molecule has 0 aliphatic heterocycles. The van der Waals surface area contributed by atoms with Crippen molar-refractivity contribution in [3.8, 4) is 55.6 Å². The molecule has 0 aliphatic rings. The Bertz CT molecular complexity index is 2980. The van der Waals surface area contributed by atoms with Crippen LogP contribution in [0.2, 0.25) is 0 Å². The Morgan fingerprint density at radius 2 is 0.661 bits per heavy atom. The van der Waals surface area contributed by atoms with Crippen LogP contribution in [-0.2, 0) is 5.54 Å². The Morgan fingerprint density at radius 3 is 1.12 bits per heavy atom. The highest BCUT2D eigenvalue weighted by atomic mass is 15.1. The summed E-state index contributed by atoms with van der Waals surface area (Å²) >= 11 is 0. The molecule has 1 aromatic heterocycles. The fourth-order valence-electron chi connectivity index (χ4n) is 8.86. The molecule has 0 N–H and O–H groups in total. The number of nitrogens with zero attached hydrogens (tertiary/aromatic N) is 1. The Labute approximate surface area is 329 Å². The van der Waals surface area contributed by atoms with Crippen molar-refractivity contribution in [2.24, 2.45) is 0 Å². The lowest BCUT2D eigenvalue weighted by molar-refractivity contribution is 0.364. The maximum atomic E-state index is 2.53. The minimum Gasteiger partial charge on any atom is -0.335 e. The van der Waals surface area contributed by atoms with E-state index in [4.69, 9.17) is 0 Å². The van der Waals surface area contributed by atoms with Crippen LogP contribution in [0.4, 0.5) is 0 Å². The molecule has 0 saturated heterocycles. The number of fused-ring (bicyclic) bond motifs is 5. The molecule has 0 unspecified atom stereocenters. The van der Waals surface area contributed by atoms with Gasteiger partial charge < -0.3 is 4.57 Å². The Morgan fingerprint density at radius 1 is 0.321 bits per heavy atom. The summed E-state index contributed by atoms with van der Waals surface area (Å²) in [7, 11) is 0. The molecule has 56 heavy (non-hydrogen) atoms. The van der Waals surface area contributed by atoms with Crippen LogP contribution in [0, 0.1) is 0 Å². The molecule has 10 rings (SSSR count). The van der Waals surface area contributed by atoms with E-state index in [-0.39, 0.29) is 5.54 Å². The molecule has 0 aliphatic carbocycles. The van der Waals surface area contributed by atoms with Gasteiger partial charge in [0.2, 0.25) is 0 Å². The van der Waals surface area contributed by atoms with Gasteiger partial charge in [-0.1, -0.05) is 183 Å². The molecule has 268 valence electrons. The summed E-state index contributed by atoms with van der Waals surface area (Å²) in [5.74, 6) is 0. The second-order valence-electron chi connectivity index (χ2n) is 15.7. The maximum absolute atomic E-state index is 2.53. The summed E-state index contributed by atoms with van der Waals surface area (Å²) in [6, 6.07) is 71.5. The molecule has 0 fully saturated rings. The fourth-order valence-corrected chi connectivity index (χ4v) is 8.86. The van der Waals surface area contributed by atoms with E-state index in [1.165, 1.54) is 99.0 Å². The standard InChI is InChI=1S/C55H43N/c1-4-55(2,3)56-51-21-13-12-16-45(51)50-36-44(34-35-52(50)56)41-28-32-43(33-29-41)54-48-19-10-8-17-46(48)53(47-18-9-11-20-49(47)54)42-30-26-40(27-31-42)39-24-22-38(23-25-39)37-14-6-5-7-15-37/h5-36H,4H2,1-3H3. The summed E-state index contributed by atoms with van der Waals surface area (Å²) in [5, 5.41) is 7.69. The van der Waals surface area contributed by atoms with E-state index >= 15 is 0 Å². The Kier molecular flexibility index (Phi) is 8.19. The van der Waals surface area contributed by atoms with Gasteiger partial charge in [-0.05, 0) is 116 Å². The van der Waals surface area contributed by atoms with Crippen molar-refractivity contribution in [3.63, 3.8) is 0 Å². The number of rotatable bonds is 7. The van der Waals surface area contributed by atoms with Crippen molar-refractivity contribution < 1.29 is 0 Å². The molecule has 1 heterocycles. The van der Waals surface area contributed by atoms with E-state index in [1.54, 1.807) is 0 Å². The average molecular weight is 718 g/mol. The molecule has 1 nitrogen and oxygen atoms in total. The normalized spacial score (nSPS) is 11.9. The zero-order chi connectivity index (χ0) is 37.8. The number of hydrogen-bond donors (Lipinski definition) is 0. The SMILES string of the molecule is CCC(C)(C)n1c2ccccc2c2cc(-c3ccc(-c4c5ccccc5c(-c5ccc(-c6ccc(-c7ccccc7)cc6)cc5)c5ccccc45)cc3)ccc21. The summed E-state index contributed by atoms with van der Waals surface area (Å²) in [6.07, 6.45) is 1.06. The predicted octanol–water partition coefficient (Wildman–Crippen LogP) is 15.6. The van der Waals surface area contributed by atoms with Gasteiger partial charge in [-0.2, -0.15) is 0 Å². The predicted molar refractivity (Wildman–Crippen MR) is 241 cm³/mol. The van der Waals surface area contributed by atoms with Crippen LogP contribution in [-0.4, -0.2) is 4.57 Å². The summed E-state index contributed by atoms with van der Waals surface area (Å²) in [6.45, 7) is 6.96. The van der Waals surface area contributed by atoms with E-state index in [2.05, 4.69) is 219 Å². The third kappa shape index (κ3) is 5.62. The molecule has 0 atom stereocenters. The first-order valence-electron chi connectivity index (χ1n) is 19.8. The van der Waals surface area contributed by atoms with E-state index in [0.29, 0.717) is 0 Å². The van der Waals surface area contributed by atoms with Crippen molar-refractivity contribution in [1.29, 1.82) is 0 Å². The van der Waals surface area contributed by atoms with Gasteiger partial charge in [0.1, 0.15) is 0 Å². The van der Waals surface area contributed by atoms with Gasteiger partial charge in [0.05, 0.1) is 0 Å². The highest BCUT2D eigenvalue weighted by Gasteiger charge is 2.23. The van der Waals surface area contributed by atoms with Crippen molar-refractivity contribution in [3.05, 3.63) is 194 Å². The van der Waals surface area contributed by atoms with Crippen LogP contribution in [0.3, 0.4) is 0 Å². The van der Waals surface area contributed by atoms with Crippen LogP contribution in [0.1, 0.15) is 27.2 Å². The molecular formula is C55H43N. The summed E-state index contributed by atoms with van der Waals surface area (Å²) < 4.78 is 2.53. The van der Waals surface area contributed by atoms with Crippen LogP contribution >= 0.6 is 0 Å². The first-order chi connectivity index (χ1) is 27.5. The average Bonchev–Trinajstić information content (AvgIpc) is 3.61. The lowest BCUT2D eigenvalue weighted by Gasteiger charge is -2.27. The summed E-state index contributed by atoms with van der Waals surface area (Å²) in [5.41, 5.74) is 15.0. The molecule has 1 heteroatoms. The van der Waals surface area contributed by atoms with Crippen molar-refractivity contribution in [2.75, 3.05) is 0 Å². The topological polar surface area (TPSA) is 4.93 Å². The van der Waals surface area contributed by atoms with Gasteiger partial charge in [-0.25, -0.2) is 0 Å². The van der Waals surface area contributed by atoms with Crippen LogP contribution < -0.4 is 0 Å². The third-order valence-corrected chi connectivity index (χ3v) is 12.1. The number of para-hydroxylation sites is 1. The minimum atomic E-state index is 0.0188. The monoisotopic (exact) mass is 717 g/mol. The van der Waals surface area contributed by atoms with Gasteiger partial charge in [0, 0.05) is 27.3 Å². The first-order valence-corrected chi connectivity index (χ1v) is 19.8. The highest BCUT2D eigenvalue weighted by molar-refractivity contribution is 6.21. The molecule has 10 aromatic rings. The smallest absolute Gasteiger partial charge is 0.0496 e. The first kappa shape index (κ1) is 33.8. The van der Waals surface area contributed by atoms with Crippen LogP contribution in [0.5, 0.6) is 0 Å². The van der Waals surface area contributed by atoms with Gasteiger partial charge in [-0.3, -0.25) is 0 Å². The molecule has 9 aromatic carbocycles. The second-order valence-corrected chi connectivity index (χ2v) is 15.7. The van der Waals surface area contributed by atoms with E-state index < -0.39 is 0 Å². The van der Waals surface area contributed by atoms with Gasteiger partial charge in [-0.15, -0.1) is 0 Å².